The number of aromatic amines is 1. The first-order valence-corrected chi connectivity index (χ1v) is 10.00. The number of likely N-dealkylation sites (tertiary alicyclic amines) is 1. The van der Waals surface area contributed by atoms with E-state index in [2.05, 4.69) is 19.9 Å². The molecular formula is C16H21N5O4S. The van der Waals surface area contributed by atoms with E-state index in [1.54, 1.807) is 4.90 Å². The topological polar surface area (TPSA) is 117 Å². The highest BCUT2D eigenvalue weighted by Gasteiger charge is 2.39. The first-order chi connectivity index (χ1) is 12.4. The van der Waals surface area contributed by atoms with E-state index in [4.69, 9.17) is 4.74 Å². The van der Waals surface area contributed by atoms with Crippen molar-refractivity contribution in [1.82, 2.24) is 24.8 Å². The second-order valence-electron chi connectivity index (χ2n) is 6.23. The summed E-state index contributed by atoms with van der Waals surface area (Å²) in [7, 11) is -1.94. The van der Waals surface area contributed by atoms with E-state index >= 15 is 0 Å². The molecule has 2 atom stereocenters. The Labute approximate surface area is 151 Å². The van der Waals surface area contributed by atoms with Crippen LogP contribution in [0.5, 0.6) is 0 Å². The smallest absolute Gasteiger partial charge is 0.249 e. The molecule has 0 aliphatic carbocycles. The monoisotopic (exact) mass is 379 g/mol. The molecule has 10 heteroatoms. The van der Waals surface area contributed by atoms with E-state index < -0.39 is 16.1 Å². The molecule has 1 saturated heterocycles. The van der Waals surface area contributed by atoms with Crippen molar-refractivity contribution in [3.8, 4) is 11.4 Å². The molecule has 0 spiro atoms. The third-order valence-corrected chi connectivity index (χ3v) is 4.88. The van der Waals surface area contributed by atoms with Crippen LogP contribution in [0.2, 0.25) is 0 Å². The number of hydrogen-bond donors (Lipinski definition) is 2. The maximum absolute atomic E-state index is 12.4. The number of nitrogens with one attached hydrogen (secondary N) is 2. The van der Waals surface area contributed by atoms with Crippen molar-refractivity contribution in [3.63, 3.8) is 0 Å². The average Bonchev–Trinajstić information content (AvgIpc) is 3.21. The molecule has 1 amide bonds. The van der Waals surface area contributed by atoms with Crippen LogP contribution in [0.1, 0.15) is 18.3 Å². The second-order valence-corrected chi connectivity index (χ2v) is 8.01. The Kier molecular flexibility index (Phi) is 5.35. The summed E-state index contributed by atoms with van der Waals surface area (Å²) >= 11 is 0. The summed E-state index contributed by atoms with van der Waals surface area (Å²) in [6, 6.07) is 8.68. The lowest BCUT2D eigenvalue weighted by atomic mass is 10.1. The van der Waals surface area contributed by atoms with Gasteiger partial charge in [0.05, 0.1) is 12.3 Å². The molecule has 0 saturated carbocycles. The predicted molar refractivity (Wildman–Crippen MR) is 94.5 cm³/mol. The van der Waals surface area contributed by atoms with Gasteiger partial charge in [0.1, 0.15) is 12.4 Å². The number of sulfonamides is 1. The van der Waals surface area contributed by atoms with Crippen LogP contribution in [0.25, 0.3) is 11.4 Å². The Morgan fingerprint density at radius 1 is 1.38 bits per heavy atom. The molecule has 1 aromatic carbocycles. The van der Waals surface area contributed by atoms with Crippen molar-refractivity contribution >= 4 is 15.9 Å². The van der Waals surface area contributed by atoms with Gasteiger partial charge in [-0.25, -0.2) is 18.1 Å². The number of nitrogens with zero attached hydrogens (tertiary/aromatic N) is 3. The lowest BCUT2D eigenvalue weighted by Gasteiger charge is -2.22. The van der Waals surface area contributed by atoms with Gasteiger partial charge in [0.2, 0.25) is 15.9 Å². The van der Waals surface area contributed by atoms with Gasteiger partial charge in [-0.3, -0.25) is 9.89 Å². The minimum Gasteiger partial charge on any atom is -0.375 e. The maximum atomic E-state index is 12.4. The Morgan fingerprint density at radius 2 is 2.12 bits per heavy atom. The van der Waals surface area contributed by atoms with Crippen LogP contribution < -0.4 is 4.72 Å². The van der Waals surface area contributed by atoms with Crippen LogP contribution in [0.3, 0.4) is 0 Å². The summed E-state index contributed by atoms with van der Waals surface area (Å²) in [5.74, 6) is 0.818. The van der Waals surface area contributed by atoms with Crippen molar-refractivity contribution in [2.45, 2.75) is 18.5 Å². The van der Waals surface area contributed by atoms with E-state index in [1.807, 2.05) is 30.3 Å². The third kappa shape index (κ3) is 4.26. The maximum Gasteiger partial charge on any atom is 0.249 e. The number of carbonyl (C=O) groups excluding carboxylic acids is 1. The van der Waals surface area contributed by atoms with Gasteiger partial charge in [-0.1, -0.05) is 30.3 Å². The number of carbonyl (C=O) groups is 1. The van der Waals surface area contributed by atoms with Crippen molar-refractivity contribution in [3.05, 3.63) is 36.2 Å². The number of ether oxygens (including phenoxy) is 1. The van der Waals surface area contributed by atoms with Gasteiger partial charge in [0.25, 0.3) is 0 Å². The first-order valence-electron chi connectivity index (χ1n) is 8.11. The highest BCUT2D eigenvalue weighted by atomic mass is 32.2. The normalized spacial score (nSPS) is 20.5. The Bertz CT molecular complexity index is 868. The van der Waals surface area contributed by atoms with Crippen molar-refractivity contribution in [2.75, 3.05) is 26.5 Å². The molecule has 2 N–H and O–H groups in total. The molecule has 3 rings (SSSR count). The summed E-state index contributed by atoms with van der Waals surface area (Å²) in [4.78, 5) is 18.5. The highest BCUT2D eigenvalue weighted by molar-refractivity contribution is 7.88. The molecule has 0 unspecified atom stereocenters. The molecule has 2 aromatic rings. The van der Waals surface area contributed by atoms with Gasteiger partial charge in [0, 0.05) is 25.3 Å². The molecule has 26 heavy (non-hydrogen) atoms. The Balaban J connectivity index is 1.85. The number of amides is 1. The third-order valence-electron chi connectivity index (χ3n) is 4.12. The highest BCUT2D eigenvalue weighted by Crippen LogP contribution is 2.31. The minimum absolute atomic E-state index is 0.0816. The van der Waals surface area contributed by atoms with Crippen LogP contribution in [0.4, 0.5) is 0 Å². The fraction of sp³-hybridized carbons (Fsp3) is 0.438. The predicted octanol–water partition coefficient (Wildman–Crippen LogP) is 0.309. The lowest BCUT2D eigenvalue weighted by Crippen LogP contribution is -2.39. The van der Waals surface area contributed by atoms with Gasteiger partial charge in [0.15, 0.2) is 5.82 Å². The fourth-order valence-corrected chi connectivity index (χ4v) is 3.88. The van der Waals surface area contributed by atoms with Gasteiger partial charge in [-0.2, -0.15) is 5.10 Å². The minimum atomic E-state index is -3.38. The van der Waals surface area contributed by atoms with Gasteiger partial charge in [-0.15, -0.1) is 0 Å². The van der Waals surface area contributed by atoms with E-state index in [1.165, 1.54) is 7.11 Å². The average molecular weight is 379 g/mol. The lowest BCUT2D eigenvalue weighted by molar-refractivity contribution is -0.136. The first kappa shape index (κ1) is 18.5. The summed E-state index contributed by atoms with van der Waals surface area (Å²) in [6.07, 6.45) is 1.51. The quantitative estimate of drug-likeness (QED) is 0.746. The SMILES string of the molecule is COCC(=O)N1C[C@@H](NS(C)(=O)=O)C[C@H]1c1nc(-c2ccccc2)n[nH]1. The summed E-state index contributed by atoms with van der Waals surface area (Å²) in [6.45, 7) is 0.170. The standard InChI is InChI=1S/C16H21N5O4S/c1-25-10-14(22)21-9-12(20-26(2,23)24)8-13(21)16-17-15(18-19-16)11-6-4-3-5-7-11/h3-7,12-13,20H,8-10H2,1-2H3,(H,17,18,19)/t12-,13-/m0/s1. The largest absolute Gasteiger partial charge is 0.375 e. The molecule has 1 aromatic heterocycles. The second kappa shape index (κ2) is 7.52. The van der Waals surface area contributed by atoms with E-state index in [-0.39, 0.29) is 25.1 Å². The molecule has 1 aliphatic rings. The zero-order valence-corrected chi connectivity index (χ0v) is 15.4. The van der Waals surface area contributed by atoms with E-state index in [0.717, 1.165) is 11.8 Å². The van der Waals surface area contributed by atoms with Crippen LogP contribution in [0.15, 0.2) is 30.3 Å². The molecule has 0 bridgehead atoms. The summed E-state index contributed by atoms with van der Waals surface area (Å²) < 4.78 is 30.6. The van der Waals surface area contributed by atoms with Crippen molar-refractivity contribution in [1.29, 1.82) is 0 Å². The number of H-pyrrole nitrogens is 1. The van der Waals surface area contributed by atoms with E-state index in [9.17, 15) is 13.2 Å². The summed E-state index contributed by atoms with van der Waals surface area (Å²) in [5, 5.41) is 7.11. The van der Waals surface area contributed by atoms with Crippen molar-refractivity contribution in [2.24, 2.45) is 0 Å². The number of aromatic nitrogens is 3. The van der Waals surface area contributed by atoms with Gasteiger partial charge >= 0.3 is 0 Å². The van der Waals surface area contributed by atoms with Crippen molar-refractivity contribution < 1.29 is 17.9 Å². The summed E-state index contributed by atoms with van der Waals surface area (Å²) in [5.41, 5.74) is 0.855. The number of methoxy groups -OCH3 is 1. The van der Waals surface area contributed by atoms with Crippen LogP contribution in [-0.4, -0.2) is 67.0 Å². The molecule has 1 fully saturated rings. The molecule has 140 valence electrons. The van der Waals surface area contributed by atoms with E-state index in [0.29, 0.717) is 18.1 Å². The number of hydrogen-bond acceptors (Lipinski definition) is 6. The van der Waals surface area contributed by atoms with Gasteiger partial charge in [-0.05, 0) is 6.42 Å². The molecule has 2 heterocycles. The van der Waals surface area contributed by atoms with Gasteiger partial charge < -0.3 is 9.64 Å². The zero-order valence-electron chi connectivity index (χ0n) is 14.5. The molecule has 9 nitrogen and oxygen atoms in total. The van der Waals surface area contributed by atoms with Crippen LogP contribution in [-0.2, 0) is 19.6 Å². The van der Waals surface area contributed by atoms with Crippen LogP contribution in [0, 0.1) is 0 Å². The van der Waals surface area contributed by atoms with Crippen LogP contribution >= 0.6 is 0 Å². The Morgan fingerprint density at radius 3 is 2.77 bits per heavy atom. The zero-order chi connectivity index (χ0) is 18.7. The fourth-order valence-electron chi connectivity index (χ4n) is 3.11. The number of rotatable bonds is 6. The molecule has 1 aliphatic heterocycles. The number of benzene rings is 1. The Hall–Kier alpha value is -2.30. The molecular weight excluding hydrogens is 358 g/mol. The molecule has 0 radical (unpaired) electrons.